The van der Waals surface area contributed by atoms with Crippen LogP contribution in [0.3, 0.4) is 0 Å². The molecule has 1 aromatic rings. The lowest BCUT2D eigenvalue weighted by molar-refractivity contribution is -0.140. The quantitative estimate of drug-likeness (QED) is 0.856. The average molecular weight is 288 g/mol. The number of esters is 1. The van der Waals surface area contributed by atoms with E-state index in [-0.39, 0.29) is 5.57 Å². The van der Waals surface area contributed by atoms with Crippen molar-refractivity contribution in [3.8, 4) is 0 Å². The molecule has 6 heteroatoms. The fourth-order valence-corrected chi connectivity index (χ4v) is 2.61. The minimum atomic E-state index is -1.04. The molecule has 0 bridgehead atoms. The van der Waals surface area contributed by atoms with Crippen LogP contribution < -0.4 is 0 Å². The molecule has 1 aliphatic heterocycles. The second-order valence-electron chi connectivity index (χ2n) is 4.79. The molecular weight excluding hydrogens is 272 g/mol. The molecule has 1 aromatic heterocycles. The van der Waals surface area contributed by atoms with Crippen molar-refractivity contribution in [2.45, 2.75) is 19.8 Å². The van der Waals surface area contributed by atoms with Crippen LogP contribution in [-0.2, 0) is 14.3 Å². The number of carboxylic acids is 1. The third kappa shape index (κ3) is 2.69. The molecule has 0 aromatic carbocycles. The zero-order chi connectivity index (χ0) is 15.6. The Hall–Kier alpha value is -2.50. The van der Waals surface area contributed by atoms with Crippen molar-refractivity contribution < 1.29 is 19.4 Å². The van der Waals surface area contributed by atoms with E-state index in [1.807, 2.05) is 0 Å². The summed E-state index contributed by atoms with van der Waals surface area (Å²) >= 11 is 0. The monoisotopic (exact) mass is 288 g/mol. The fraction of sp³-hybridized carbons (Fsp3) is 0.333. The van der Waals surface area contributed by atoms with E-state index in [2.05, 4.69) is 9.98 Å². The van der Waals surface area contributed by atoms with E-state index in [0.717, 1.165) is 0 Å². The lowest BCUT2D eigenvalue weighted by Gasteiger charge is -2.29. The number of hydrogen-bond donors (Lipinski definition) is 1. The predicted octanol–water partition coefficient (Wildman–Crippen LogP) is 1.79. The van der Waals surface area contributed by atoms with E-state index in [1.165, 1.54) is 7.11 Å². The van der Waals surface area contributed by atoms with Gasteiger partial charge in [0.1, 0.15) is 5.92 Å². The molecule has 6 nitrogen and oxygen atoms in total. The Morgan fingerprint density at radius 1 is 1.29 bits per heavy atom. The van der Waals surface area contributed by atoms with E-state index >= 15 is 0 Å². The maximum absolute atomic E-state index is 12.1. The largest absolute Gasteiger partial charge is 0.481 e. The van der Waals surface area contributed by atoms with Crippen LogP contribution in [0.25, 0.3) is 0 Å². The molecule has 0 saturated carbocycles. The zero-order valence-electron chi connectivity index (χ0n) is 12.0. The highest BCUT2D eigenvalue weighted by Crippen LogP contribution is 2.38. The van der Waals surface area contributed by atoms with Crippen molar-refractivity contribution in [2.75, 3.05) is 7.11 Å². The lowest BCUT2D eigenvalue weighted by atomic mass is 9.77. The summed E-state index contributed by atoms with van der Waals surface area (Å²) in [4.78, 5) is 32.1. The standard InChI is InChI=1S/C15H16N2O4/c1-8-11(14(18)19)13(10-6-4-5-7-16-10)12(9(2)17-8)15(20)21-3/h4-7,11,13H,1-3H3,(H,18,19). The van der Waals surface area contributed by atoms with E-state index < -0.39 is 23.8 Å². The van der Waals surface area contributed by atoms with Gasteiger partial charge < -0.3 is 9.84 Å². The molecule has 0 fully saturated rings. The number of aliphatic imine (C=N–C) groups is 1. The highest BCUT2D eigenvalue weighted by molar-refractivity contribution is 6.06. The summed E-state index contributed by atoms with van der Waals surface area (Å²) in [6, 6.07) is 5.19. The first-order chi connectivity index (χ1) is 9.97. The number of aromatic nitrogens is 1. The molecule has 2 unspecified atom stereocenters. The number of carboxylic acid groups (broad SMARTS) is 1. The van der Waals surface area contributed by atoms with Gasteiger partial charge in [-0.15, -0.1) is 0 Å². The number of rotatable bonds is 3. The van der Waals surface area contributed by atoms with Gasteiger partial charge in [-0.25, -0.2) is 4.79 Å². The van der Waals surface area contributed by atoms with Gasteiger partial charge in [-0.2, -0.15) is 0 Å². The Morgan fingerprint density at radius 2 is 2.00 bits per heavy atom. The normalized spacial score (nSPS) is 21.8. The van der Waals surface area contributed by atoms with E-state index in [9.17, 15) is 14.7 Å². The fourth-order valence-electron chi connectivity index (χ4n) is 2.61. The van der Waals surface area contributed by atoms with Crippen LogP contribution >= 0.6 is 0 Å². The van der Waals surface area contributed by atoms with Crippen LogP contribution in [-0.4, -0.2) is 34.9 Å². The molecule has 110 valence electrons. The molecule has 2 rings (SSSR count). The molecule has 0 radical (unpaired) electrons. The van der Waals surface area contributed by atoms with Crippen LogP contribution in [0.15, 0.2) is 40.7 Å². The van der Waals surface area contributed by atoms with Gasteiger partial charge in [-0.3, -0.25) is 14.8 Å². The molecule has 21 heavy (non-hydrogen) atoms. The number of carbonyl (C=O) groups is 2. The summed E-state index contributed by atoms with van der Waals surface area (Å²) in [6.07, 6.45) is 1.57. The highest BCUT2D eigenvalue weighted by atomic mass is 16.5. The molecule has 2 heterocycles. The number of allylic oxidation sites excluding steroid dienone is 1. The maximum Gasteiger partial charge on any atom is 0.336 e. The third-order valence-electron chi connectivity index (χ3n) is 3.51. The summed E-state index contributed by atoms with van der Waals surface area (Å²) < 4.78 is 4.79. The Kier molecular flexibility index (Phi) is 4.16. The molecule has 0 amide bonds. The van der Waals surface area contributed by atoms with Crippen LogP contribution in [0.1, 0.15) is 25.5 Å². The number of hydrogen-bond acceptors (Lipinski definition) is 5. The van der Waals surface area contributed by atoms with Crippen molar-refractivity contribution in [1.29, 1.82) is 0 Å². The Bertz CT molecular complexity index is 634. The summed E-state index contributed by atoms with van der Waals surface area (Å²) in [7, 11) is 1.26. The van der Waals surface area contributed by atoms with Crippen LogP contribution in [0.2, 0.25) is 0 Å². The van der Waals surface area contributed by atoms with Crippen molar-refractivity contribution in [1.82, 2.24) is 4.98 Å². The Balaban J connectivity index is 2.65. The van der Waals surface area contributed by atoms with E-state index in [0.29, 0.717) is 17.1 Å². The second kappa shape index (κ2) is 5.87. The average Bonchev–Trinajstić information content (AvgIpc) is 2.46. The molecule has 0 aliphatic carbocycles. The number of nitrogens with zero attached hydrogens (tertiary/aromatic N) is 2. The summed E-state index contributed by atoms with van der Waals surface area (Å²) in [6.45, 7) is 3.32. The van der Waals surface area contributed by atoms with Gasteiger partial charge in [0.2, 0.25) is 0 Å². The van der Waals surface area contributed by atoms with E-state index in [1.54, 1.807) is 38.2 Å². The van der Waals surface area contributed by atoms with Crippen molar-refractivity contribution in [3.63, 3.8) is 0 Å². The zero-order valence-corrected chi connectivity index (χ0v) is 12.0. The highest BCUT2D eigenvalue weighted by Gasteiger charge is 2.42. The molecule has 0 saturated heterocycles. The van der Waals surface area contributed by atoms with Crippen molar-refractivity contribution in [2.24, 2.45) is 10.9 Å². The summed E-state index contributed by atoms with van der Waals surface area (Å²) in [5.41, 5.74) is 1.67. The summed E-state index contributed by atoms with van der Waals surface area (Å²) in [5, 5.41) is 9.52. The van der Waals surface area contributed by atoms with Crippen molar-refractivity contribution in [3.05, 3.63) is 41.4 Å². The van der Waals surface area contributed by atoms with Crippen LogP contribution in [0.5, 0.6) is 0 Å². The smallest absolute Gasteiger partial charge is 0.336 e. The van der Waals surface area contributed by atoms with Gasteiger partial charge in [-0.05, 0) is 26.0 Å². The number of pyridine rings is 1. The first-order valence-electron chi connectivity index (χ1n) is 6.45. The predicted molar refractivity (Wildman–Crippen MR) is 75.9 cm³/mol. The lowest BCUT2D eigenvalue weighted by Crippen LogP contribution is -2.35. The first-order valence-corrected chi connectivity index (χ1v) is 6.45. The second-order valence-corrected chi connectivity index (χ2v) is 4.79. The molecule has 0 spiro atoms. The summed E-state index contributed by atoms with van der Waals surface area (Å²) in [5.74, 6) is -3.25. The minimum Gasteiger partial charge on any atom is -0.481 e. The molecule has 2 atom stereocenters. The van der Waals surface area contributed by atoms with Crippen LogP contribution in [0.4, 0.5) is 0 Å². The SMILES string of the molecule is COC(=O)C1=C(C)N=C(C)C(C(=O)O)C1c1ccccn1. The molecular formula is C15H16N2O4. The van der Waals surface area contributed by atoms with Gasteiger partial charge in [0.05, 0.1) is 18.6 Å². The first kappa shape index (κ1) is 14.9. The topological polar surface area (TPSA) is 88.8 Å². The number of methoxy groups -OCH3 is 1. The molecule has 1 N–H and O–H groups in total. The maximum atomic E-state index is 12.1. The Labute approximate surface area is 122 Å². The number of aliphatic carboxylic acids is 1. The molecule has 1 aliphatic rings. The van der Waals surface area contributed by atoms with Crippen LogP contribution in [0, 0.1) is 5.92 Å². The van der Waals surface area contributed by atoms with E-state index in [4.69, 9.17) is 4.74 Å². The third-order valence-corrected chi connectivity index (χ3v) is 3.51. The van der Waals surface area contributed by atoms with Crippen molar-refractivity contribution >= 4 is 17.7 Å². The van der Waals surface area contributed by atoms with Gasteiger partial charge in [0, 0.05) is 23.3 Å². The number of carbonyl (C=O) groups excluding carboxylic acids is 1. The Morgan fingerprint density at radius 3 is 2.52 bits per heavy atom. The van der Waals surface area contributed by atoms with Gasteiger partial charge in [-0.1, -0.05) is 6.07 Å². The number of ether oxygens (including phenoxy) is 1. The van der Waals surface area contributed by atoms with Gasteiger partial charge >= 0.3 is 11.9 Å². The van der Waals surface area contributed by atoms with Gasteiger partial charge in [0.25, 0.3) is 0 Å². The van der Waals surface area contributed by atoms with Gasteiger partial charge in [0.15, 0.2) is 0 Å². The minimum absolute atomic E-state index is 0.245.